The Morgan fingerprint density at radius 2 is 1.90 bits per heavy atom. The molecule has 0 radical (unpaired) electrons. The summed E-state index contributed by atoms with van der Waals surface area (Å²) >= 11 is 0. The van der Waals surface area contributed by atoms with E-state index >= 15 is 0 Å². The van der Waals surface area contributed by atoms with Gasteiger partial charge in [0.05, 0.1) is 0 Å². The molecule has 1 aliphatic rings. The number of nitrogens with one attached hydrogen (secondary N) is 1. The van der Waals surface area contributed by atoms with Gasteiger partial charge < -0.3 is 15.1 Å². The zero-order valence-electron chi connectivity index (χ0n) is 12.8. The van der Waals surface area contributed by atoms with Gasteiger partial charge in [0.1, 0.15) is 0 Å². The molecule has 2 heterocycles. The summed E-state index contributed by atoms with van der Waals surface area (Å²) in [5.41, 5.74) is 0. The molecule has 1 aliphatic heterocycles. The van der Waals surface area contributed by atoms with Crippen LogP contribution in [-0.4, -0.2) is 60.6 Å². The third kappa shape index (κ3) is 5.29. The van der Waals surface area contributed by atoms with Crippen LogP contribution >= 0.6 is 24.0 Å². The minimum Gasteiger partial charge on any atom is -0.356 e. The second kappa shape index (κ2) is 9.75. The molecule has 0 aliphatic carbocycles. The number of piperazine rings is 1. The Balaban J connectivity index is 0.00000220. The third-order valence-electron chi connectivity index (χ3n) is 3.44. The Bertz CT molecular complexity index is 417. The second-order valence-electron chi connectivity index (χ2n) is 4.85. The van der Waals surface area contributed by atoms with Gasteiger partial charge in [-0.1, -0.05) is 13.3 Å². The van der Waals surface area contributed by atoms with Crippen molar-refractivity contribution in [2.24, 2.45) is 4.99 Å². The minimum absolute atomic E-state index is 0. The van der Waals surface area contributed by atoms with E-state index in [4.69, 9.17) is 0 Å². The molecule has 0 saturated carbocycles. The predicted molar refractivity (Wildman–Crippen MR) is 97.5 cm³/mol. The third-order valence-corrected chi connectivity index (χ3v) is 3.44. The van der Waals surface area contributed by atoms with E-state index < -0.39 is 0 Å². The Hall–Kier alpha value is -1.12. The molecule has 1 saturated heterocycles. The average molecular weight is 404 g/mol. The van der Waals surface area contributed by atoms with Crippen LogP contribution in [0.2, 0.25) is 0 Å². The number of rotatable bonds is 4. The van der Waals surface area contributed by atoms with Crippen molar-refractivity contribution < 1.29 is 0 Å². The maximum absolute atomic E-state index is 4.36. The van der Waals surface area contributed by atoms with Crippen molar-refractivity contribution in [3.8, 4) is 0 Å². The topological polar surface area (TPSA) is 56.7 Å². The molecule has 1 aromatic rings. The van der Waals surface area contributed by atoms with Crippen LogP contribution < -0.4 is 10.2 Å². The van der Waals surface area contributed by atoms with Crippen molar-refractivity contribution in [3.05, 3.63) is 18.5 Å². The van der Waals surface area contributed by atoms with Gasteiger partial charge in [-0.3, -0.25) is 4.99 Å². The van der Waals surface area contributed by atoms with Crippen molar-refractivity contribution in [1.82, 2.24) is 20.2 Å². The van der Waals surface area contributed by atoms with E-state index in [1.165, 1.54) is 12.8 Å². The molecule has 1 aromatic heterocycles. The number of aliphatic imine (C=N–C) groups is 1. The molecule has 1 N–H and O–H groups in total. The van der Waals surface area contributed by atoms with Gasteiger partial charge in [-0.05, 0) is 12.5 Å². The lowest BCUT2D eigenvalue weighted by molar-refractivity contribution is 0.370. The van der Waals surface area contributed by atoms with Crippen LogP contribution in [0.3, 0.4) is 0 Å². The van der Waals surface area contributed by atoms with Crippen molar-refractivity contribution in [1.29, 1.82) is 0 Å². The fraction of sp³-hybridized carbons (Fsp3) is 0.643. The molecule has 6 nitrogen and oxygen atoms in total. The first kappa shape index (κ1) is 17.9. The summed E-state index contributed by atoms with van der Waals surface area (Å²) in [7, 11) is 1.85. The number of guanidine groups is 1. The second-order valence-corrected chi connectivity index (χ2v) is 4.85. The zero-order valence-corrected chi connectivity index (χ0v) is 15.2. The van der Waals surface area contributed by atoms with Gasteiger partial charge in [0.25, 0.3) is 0 Å². The molecule has 0 aromatic carbocycles. The van der Waals surface area contributed by atoms with Crippen molar-refractivity contribution in [2.75, 3.05) is 44.7 Å². The lowest BCUT2D eigenvalue weighted by atomic mass is 10.3. The number of hydrogen-bond acceptors (Lipinski definition) is 4. The van der Waals surface area contributed by atoms with Crippen LogP contribution in [0.5, 0.6) is 0 Å². The quantitative estimate of drug-likeness (QED) is 0.358. The maximum Gasteiger partial charge on any atom is 0.225 e. The van der Waals surface area contributed by atoms with Crippen LogP contribution in [0.15, 0.2) is 23.5 Å². The lowest BCUT2D eigenvalue weighted by Crippen LogP contribution is -2.53. The molecular formula is C14H25IN6. The van der Waals surface area contributed by atoms with Crippen molar-refractivity contribution in [2.45, 2.75) is 19.8 Å². The van der Waals surface area contributed by atoms with Gasteiger partial charge in [0, 0.05) is 52.2 Å². The van der Waals surface area contributed by atoms with E-state index in [1.807, 2.05) is 13.1 Å². The Morgan fingerprint density at radius 1 is 1.24 bits per heavy atom. The van der Waals surface area contributed by atoms with Crippen molar-refractivity contribution in [3.63, 3.8) is 0 Å². The standard InChI is InChI=1S/C14H24N6.HI/c1-3-4-6-16-13(15-2)19-9-11-20(12-10-19)14-17-7-5-8-18-14;/h5,7-8H,3-4,6,9-12H2,1-2H3,(H,15,16);1H. The number of aromatic nitrogens is 2. The molecular weight excluding hydrogens is 379 g/mol. The van der Waals surface area contributed by atoms with E-state index in [0.29, 0.717) is 0 Å². The van der Waals surface area contributed by atoms with Gasteiger partial charge in [-0.2, -0.15) is 0 Å². The molecule has 1 fully saturated rings. The highest BCUT2D eigenvalue weighted by molar-refractivity contribution is 14.0. The number of unbranched alkanes of at least 4 members (excludes halogenated alkanes) is 1. The molecule has 21 heavy (non-hydrogen) atoms. The summed E-state index contributed by atoms with van der Waals surface area (Å²) in [5.74, 6) is 1.83. The molecule has 0 spiro atoms. The normalized spacial score (nSPS) is 15.6. The van der Waals surface area contributed by atoms with Gasteiger partial charge in [0.15, 0.2) is 5.96 Å². The highest BCUT2D eigenvalue weighted by Gasteiger charge is 2.20. The summed E-state index contributed by atoms with van der Waals surface area (Å²) in [6.45, 7) is 6.94. The number of hydrogen-bond donors (Lipinski definition) is 1. The van der Waals surface area contributed by atoms with Gasteiger partial charge in [0.2, 0.25) is 5.95 Å². The Kier molecular flexibility index (Phi) is 8.33. The van der Waals surface area contributed by atoms with E-state index in [-0.39, 0.29) is 24.0 Å². The SMILES string of the molecule is CCCCNC(=NC)N1CCN(c2ncccn2)CC1.I. The first-order valence-corrected chi connectivity index (χ1v) is 7.32. The fourth-order valence-electron chi connectivity index (χ4n) is 2.28. The Labute approximate surface area is 144 Å². The molecule has 0 atom stereocenters. The van der Waals surface area contributed by atoms with Gasteiger partial charge in [-0.15, -0.1) is 24.0 Å². The summed E-state index contributed by atoms with van der Waals surface area (Å²) < 4.78 is 0. The Morgan fingerprint density at radius 3 is 2.48 bits per heavy atom. The first-order valence-electron chi connectivity index (χ1n) is 7.32. The minimum atomic E-state index is 0. The van der Waals surface area contributed by atoms with Crippen LogP contribution in [0.4, 0.5) is 5.95 Å². The fourth-order valence-corrected chi connectivity index (χ4v) is 2.28. The van der Waals surface area contributed by atoms with Crippen LogP contribution in [0, 0.1) is 0 Å². The average Bonchev–Trinajstić information content (AvgIpc) is 2.53. The van der Waals surface area contributed by atoms with Crippen molar-refractivity contribution >= 4 is 35.9 Å². The molecule has 0 bridgehead atoms. The van der Waals surface area contributed by atoms with Crippen LogP contribution in [-0.2, 0) is 0 Å². The maximum atomic E-state index is 4.36. The largest absolute Gasteiger partial charge is 0.356 e. The first-order chi connectivity index (χ1) is 9.85. The smallest absolute Gasteiger partial charge is 0.225 e. The number of anilines is 1. The number of halogens is 1. The summed E-state index contributed by atoms with van der Waals surface area (Å²) in [5, 5.41) is 3.42. The molecule has 7 heteroatoms. The number of nitrogens with zero attached hydrogens (tertiary/aromatic N) is 5. The van der Waals surface area contributed by atoms with E-state index in [1.54, 1.807) is 12.4 Å². The monoisotopic (exact) mass is 404 g/mol. The van der Waals surface area contributed by atoms with E-state index in [9.17, 15) is 0 Å². The highest BCUT2D eigenvalue weighted by Crippen LogP contribution is 2.09. The van der Waals surface area contributed by atoms with Gasteiger partial charge in [-0.25, -0.2) is 9.97 Å². The molecule has 0 amide bonds. The molecule has 2 rings (SSSR count). The van der Waals surface area contributed by atoms with E-state index in [2.05, 4.69) is 37.0 Å². The lowest BCUT2D eigenvalue weighted by Gasteiger charge is -2.36. The molecule has 118 valence electrons. The predicted octanol–water partition coefficient (Wildman–Crippen LogP) is 1.59. The zero-order chi connectivity index (χ0) is 14.2. The van der Waals surface area contributed by atoms with E-state index in [0.717, 1.165) is 44.6 Å². The van der Waals surface area contributed by atoms with Gasteiger partial charge >= 0.3 is 0 Å². The highest BCUT2D eigenvalue weighted by atomic mass is 127. The van der Waals surface area contributed by atoms with Crippen LogP contribution in [0.25, 0.3) is 0 Å². The summed E-state index contributed by atoms with van der Waals surface area (Å²) in [4.78, 5) is 17.5. The van der Waals surface area contributed by atoms with Crippen LogP contribution in [0.1, 0.15) is 19.8 Å². The molecule has 0 unspecified atom stereocenters. The summed E-state index contributed by atoms with van der Waals surface area (Å²) in [6.07, 6.45) is 5.96. The summed E-state index contributed by atoms with van der Waals surface area (Å²) in [6, 6.07) is 1.85.